The first kappa shape index (κ1) is 30.0. The van der Waals surface area contributed by atoms with Crippen molar-refractivity contribution in [2.75, 3.05) is 17.4 Å². The van der Waals surface area contributed by atoms with E-state index < -0.39 is 46.1 Å². The van der Waals surface area contributed by atoms with Gasteiger partial charge in [-0.05, 0) is 49.2 Å². The molecule has 1 N–H and O–H groups in total. The molecule has 0 aromatic heterocycles. The van der Waals surface area contributed by atoms with Crippen molar-refractivity contribution in [1.82, 2.24) is 10.2 Å². The van der Waals surface area contributed by atoms with Crippen LogP contribution in [0.2, 0.25) is 5.02 Å². The number of nitrogens with zero attached hydrogens (tertiary/aromatic N) is 2. The van der Waals surface area contributed by atoms with Gasteiger partial charge in [-0.15, -0.1) is 0 Å². The highest BCUT2D eigenvalue weighted by molar-refractivity contribution is 7.92. The fourth-order valence-electron chi connectivity index (χ4n) is 3.73. The van der Waals surface area contributed by atoms with Crippen molar-refractivity contribution in [3.8, 4) is 0 Å². The molecule has 0 aliphatic carbocycles. The molecule has 0 spiro atoms. The van der Waals surface area contributed by atoms with E-state index in [0.29, 0.717) is 6.54 Å². The zero-order chi connectivity index (χ0) is 28.7. The third-order valence-corrected chi connectivity index (χ3v) is 8.03. The first-order valence-corrected chi connectivity index (χ1v) is 14.1. The number of rotatable bonds is 11. The van der Waals surface area contributed by atoms with Gasteiger partial charge in [-0.25, -0.2) is 17.2 Å². The molecule has 11 heteroatoms. The second kappa shape index (κ2) is 13.0. The summed E-state index contributed by atoms with van der Waals surface area (Å²) < 4.78 is 56.6. The monoisotopic (exact) mass is 577 g/mol. The molecule has 3 rings (SSSR count). The Hall–Kier alpha value is -3.50. The predicted molar refractivity (Wildman–Crippen MR) is 147 cm³/mol. The number of carbonyl (C=O) groups excluding carboxylic acids is 2. The van der Waals surface area contributed by atoms with E-state index in [-0.39, 0.29) is 33.6 Å². The van der Waals surface area contributed by atoms with Crippen LogP contribution in [-0.4, -0.2) is 44.3 Å². The van der Waals surface area contributed by atoms with Crippen LogP contribution >= 0.6 is 11.6 Å². The molecule has 0 saturated carbocycles. The summed E-state index contributed by atoms with van der Waals surface area (Å²) in [6, 6.07) is 15.4. The molecule has 0 aliphatic rings. The van der Waals surface area contributed by atoms with Gasteiger partial charge in [0.1, 0.15) is 24.2 Å². The molecule has 1 atom stereocenters. The van der Waals surface area contributed by atoms with Crippen LogP contribution in [0.15, 0.2) is 77.7 Å². The average molecular weight is 578 g/mol. The van der Waals surface area contributed by atoms with Gasteiger partial charge in [-0.3, -0.25) is 13.9 Å². The number of hydrogen-bond acceptors (Lipinski definition) is 4. The van der Waals surface area contributed by atoms with Crippen molar-refractivity contribution in [2.24, 2.45) is 5.92 Å². The van der Waals surface area contributed by atoms with Gasteiger partial charge in [-0.1, -0.05) is 61.8 Å². The van der Waals surface area contributed by atoms with Crippen molar-refractivity contribution >= 4 is 39.1 Å². The van der Waals surface area contributed by atoms with Crippen LogP contribution < -0.4 is 9.62 Å². The Morgan fingerprint density at radius 1 is 0.923 bits per heavy atom. The van der Waals surface area contributed by atoms with Gasteiger partial charge in [0.05, 0.1) is 15.6 Å². The lowest BCUT2D eigenvalue weighted by molar-refractivity contribution is -0.139. The number of hydrogen-bond donors (Lipinski definition) is 1. The lowest BCUT2D eigenvalue weighted by Gasteiger charge is -2.32. The minimum Gasteiger partial charge on any atom is -0.354 e. The number of carbonyl (C=O) groups is 2. The molecule has 39 heavy (non-hydrogen) atoms. The van der Waals surface area contributed by atoms with Gasteiger partial charge >= 0.3 is 0 Å². The molecule has 0 bridgehead atoms. The van der Waals surface area contributed by atoms with Gasteiger partial charge in [0.2, 0.25) is 11.8 Å². The number of anilines is 1. The van der Waals surface area contributed by atoms with Crippen molar-refractivity contribution in [3.05, 3.63) is 95.0 Å². The summed E-state index contributed by atoms with van der Waals surface area (Å²) in [6.07, 6.45) is 0. The second-order valence-corrected chi connectivity index (χ2v) is 11.6. The largest absolute Gasteiger partial charge is 0.354 e. The summed E-state index contributed by atoms with van der Waals surface area (Å²) >= 11 is 5.94. The third-order valence-electron chi connectivity index (χ3n) is 5.95. The Morgan fingerprint density at radius 2 is 1.56 bits per heavy atom. The summed E-state index contributed by atoms with van der Waals surface area (Å²) in [5.74, 6) is -2.45. The number of nitrogens with one attached hydrogen (secondary N) is 1. The zero-order valence-electron chi connectivity index (χ0n) is 21.8. The molecule has 7 nitrogen and oxygen atoms in total. The third kappa shape index (κ3) is 7.54. The summed E-state index contributed by atoms with van der Waals surface area (Å²) in [6.45, 7) is 4.62. The lowest BCUT2D eigenvalue weighted by Crippen LogP contribution is -2.51. The molecular formula is C28H30ClF2N3O4S. The summed E-state index contributed by atoms with van der Waals surface area (Å²) in [5.41, 5.74) is 0.0954. The molecular weight excluding hydrogens is 548 g/mol. The van der Waals surface area contributed by atoms with Gasteiger partial charge in [-0.2, -0.15) is 0 Å². The summed E-state index contributed by atoms with van der Waals surface area (Å²) in [7, 11) is -4.33. The van der Waals surface area contributed by atoms with Gasteiger partial charge < -0.3 is 10.2 Å². The molecule has 208 valence electrons. The van der Waals surface area contributed by atoms with E-state index in [2.05, 4.69) is 5.32 Å². The van der Waals surface area contributed by atoms with E-state index in [1.807, 2.05) is 13.8 Å². The minimum atomic E-state index is -4.33. The van der Waals surface area contributed by atoms with Crippen molar-refractivity contribution in [3.63, 3.8) is 0 Å². The van der Waals surface area contributed by atoms with Crippen LogP contribution in [0, 0.1) is 17.6 Å². The fourth-order valence-corrected chi connectivity index (χ4v) is 5.34. The number of benzene rings is 3. The van der Waals surface area contributed by atoms with Crippen LogP contribution in [0.3, 0.4) is 0 Å². The van der Waals surface area contributed by atoms with E-state index in [4.69, 9.17) is 11.6 Å². The molecule has 0 saturated heterocycles. The lowest BCUT2D eigenvalue weighted by atomic mass is 10.1. The molecule has 1 unspecified atom stereocenters. The van der Waals surface area contributed by atoms with E-state index >= 15 is 0 Å². The average Bonchev–Trinajstić information content (AvgIpc) is 2.91. The van der Waals surface area contributed by atoms with Crippen molar-refractivity contribution in [2.45, 2.75) is 38.3 Å². The van der Waals surface area contributed by atoms with E-state index in [9.17, 15) is 26.8 Å². The summed E-state index contributed by atoms with van der Waals surface area (Å²) in [4.78, 5) is 27.7. The Kier molecular flexibility index (Phi) is 10.0. The van der Waals surface area contributed by atoms with Crippen molar-refractivity contribution < 1.29 is 26.8 Å². The highest BCUT2D eigenvalue weighted by Gasteiger charge is 2.33. The highest BCUT2D eigenvalue weighted by Crippen LogP contribution is 2.28. The first-order chi connectivity index (χ1) is 18.4. The predicted octanol–water partition coefficient (Wildman–Crippen LogP) is 5.00. The summed E-state index contributed by atoms with van der Waals surface area (Å²) in [5, 5.41) is 2.42. The van der Waals surface area contributed by atoms with Crippen LogP contribution in [0.1, 0.15) is 26.3 Å². The molecule has 3 aromatic rings. The SMILES string of the molecule is CC(C)CNC(=O)C(C)N(Cc1ccccc1F)C(=O)CN(c1ccc(F)c(Cl)c1)S(=O)(=O)c1ccccc1. The maximum Gasteiger partial charge on any atom is 0.264 e. The first-order valence-electron chi connectivity index (χ1n) is 12.2. The number of sulfonamides is 1. The molecule has 0 heterocycles. The highest BCUT2D eigenvalue weighted by atomic mass is 35.5. The minimum absolute atomic E-state index is 0.0543. The standard InChI is InChI=1S/C28H30ClF2N3O4S/c1-19(2)16-32-28(36)20(3)33(17-21-9-7-8-12-25(21)30)27(35)18-34(22-13-14-26(31)24(29)15-22)39(37,38)23-10-5-4-6-11-23/h4-15,19-20H,16-18H2,1-3H3,(H,32,36). The molecule has 3 aromatic carbocycles. The Balaban J connectivity index is 2.03. The van der Waals surface area contributed by atoms with E-state index in [1.165, 1.54) is 55.5 Å². The quantitative estimate of drug-likeness (QED) is 0.347. The van der Waals surface area contributed by atoms with Crippen LogP contribution in [0.5, 0.6) is 0 Å². The number of amides is 2. The fraction of sp³-hybridized carbons (Fsp3) is 0.286. The molecule has 0 fully saturated rings. The molecule has 0 radical (unpaired) electrons. The van der Waals surface area contributed by atoms with Crippen LogP contribution in [0.25, 0.3) is 0 Å². The van der Waals surface area contributed by atoms with Crippen LogP contribution in [-0.2, 0) is 26.2 Å². The van der Waals surface area contributed by atoms with E-state index in [1.54, 1.807) is 12.1 Å². The Labute approximate surface area is 232 Å². The normalized spacial score (nSPS) is 12.2. The molecule has 2 amide bonds. The maximum absolute atomic E-state index is 14.6. The topological polar surface area (TPSA) is 86.8 Å². The second-order valence-electron chi connectivity index (χ2n) is 9.35. The molecule has 0 aliphatic heterocycles. The van der Waals surface area contributed by atoms with Crippen LogP contribution in [0.4, 0.5) is 14.5 Å². The number of halogens is 3. The van der Waals surface area contributed by atoms with Crippen molar-refractivity contribution in [1.29, 1.82) is 0 Å². The Morgan fingerprint density at radius 3 is 2.18 bits per heavy atom. The van der Waals surface area contributed by atoms with E-state index in [0.717, 1.165) is 21.3 Å². The maximum atomic E-state index is 14.6. The van der Waals surface area contributed by atoms with Gasteiger partial charge in [0.25, 0.3) is 10.0 Å². The van der Waals surface area contributed by atoms with Gasteiger partial charge in [0.15, 0.2) is 0 Å². The smallest absolute Gasteiger partial charge is 0.264 e. The Bertz CT molecular complexity index is 1420. The zero-order valence-corrected chi connectivity index (χ0v) is 23.3. The van der Waals surface area contributed by atoms with Gasteiger partial charge in [0, 0.05) is 18.7 Å².